The van der Waals surface area contributed by atoms with E-state index in [0.717, 1.165) is 39.2 Å². The van der Waals surface area contributed by atoms with Gasteiger partial charge in [0.2, 0.25) is 5.95 Å². The van der Waals surface area contributed by atoms with Gasteiger partial charge in [0.05, 0.1) is 33.5 Å². The molecular formula is C51H34N4S. The normalized spacial score (nSPS) is 13.6. The van der Waals surface area contributed by atoms with Crippen molar-refractivity contribution in [3.63, 3.8) is 0 Å². The second kappa shape index (κ2) is 11.6. The molecule has 0 amide bonds. The Kier molecular flexibility index (Phi) is 6.53. The van der Waals surface area contributed by atoms with E-state index in [1.54, 1.807) is 0 Å². The third-order valence-corrected chi connectivity index (χ3v) is 13.0. The number of hydrogen-bond donors (Lipinski definition) is 0. The molecule has 0 fully saturated rings. The van der Waals surface area contributed by atoms with Gasteiger partial charge in [-0.1, -0.05) is 129 Å². The molecular weight excluding hydrogens is 701 g/mol. The van der Waals surface area contributed by atoms with Gasteiger partial charge in [0.15, 0.2) is 0 Å². The fourth-order valence-electron chi connectivity index (χ4n) is 9.09. The van der Waals surface area contributed by atoms with Crippen molar-refractivity contribution in [2.24, 2.45) is 0 Å². The molecule has 4 nitrogen and oxygen atoms in total. The zero-order valence-corrected chi connectivity index (χ0v) is 31.7. The predicted octanol–water partition coefficient (Wildman–Crippen LogP) is 13.7. The summed E-state index contributed by atoms with van der Waals surface area (Å²) in [5.74, 6) is 0.697. The van der Waals surface area contributed by atoms with Crippen LogP contribution in [0.4, 0.5) is 0 Å². The molecule has 4 aromatic heterocycles. The topological polar surface area (TPSA) is 35.6 Å². The molecule has 0 atom stereocenters. The van der Waals surface area contributed by atoms with Gasteiger partial charge >= 0.3 is 0 Å². The van der Waals surface area contributed by atoms with Gasteiger partial charge in [-0.25, -0.2) is 9.97 Å². The maximum absolute atomic E-state index is 5.52. The summed E-state index contributed by atoms with van der Waals surface area (Å²) in [6.45, 7) is 4.50. The minimum atomic E-state index is -0.232. The van der Waals surface area contributed by atoms with Crippen molar-refractivity contribution >= 4 is 81.2 Å². The zero-order chi connectivity index (χ0) is 37.1. The van der Waals surface area contributed by atoms with Crippen molar-refractivity contribution < 1.29 is 0 Å². The van der Waals surface area contributed by atoms with Crippen molar-refractivity contribution in [3.8, 4) is 34.0 Å². The first-order valence-electron chi connectivity index (χ1n) is 19.2. The molecule has 1 aliphatic rings. The van der Waals surface area contributed by atoms with E-state index in [2.05, 4.69) is 193 Å². The van der Waals surface area contributed by atoms with Crippen LogP contribution in [0.3, 0.4) is 0 Å². The minimum Gasteiger partial charge on any atom is -0.309 e. The number of nitrogens with zero attached hydrogens (tertiary/aromatic N) is 4. The monoisotopic (exact) mass is 734 g/mol. The standard InChI is InChI=1S/C51H34N4S/c1-51(2)28-27-39-47(38-19-12-18-37-36-17-8-11-22-46(36)56-48(37)38)52-50(53-49(39)51)55-43-21-10-7-16-35(43)41-30-32(24-26-45(41)55)31-23-25-44-40(29-31)34-15-6-9-20-42(34)54(44)33-13-4-3-5-14-33/h3-30H,1-2H3. The molecule has 0 aliphatic heterocycles. The fraction of sp³-hybridized carbons (Fsp3) is 0.0588. The van der Waals surface area contributed by atoms with E-state index >= 15 is 0 Å². The van der Waals surface area contributed by atoms with Gasteiger partial charge in [-0.3, -0.25) is 4.57 Å². The Morgan fingerprint density at radius 2 is 1.09 bits per heavy atom. The summed E-state index contributed by atoms with van der Waals surface area (Å²) in [7, 11) is 0. The van der Waals surface area contributed by atoms with E-state index in [1.165, 1.54) is 63.9 Å². The van der Waals surface area contributed by atoms with Crippen LogP contribution < -0.4 is 0 Å². The van der Waals surface area contributed by atoms with Crippen molar-refractivity contribution in [1.82, 2.24) is 19.1 Å². The Labute approximate surface area is 327 Å². The van der Waals surface area contributed by atoms with Crippen LogP contribution >= 0.6 is 11.3 Å². The maximum Gasteiger partial charge on any atom is 0.235 e. The summed E-state index contributed by atoms with van der Waals surface area (Å²) in [6.07, 6.45) is 4.50. The van der Waals surface area contributed by atoms with Crippen LogP contribution in [-0.4, -0.2) is 19.1 Å². The summed E-state index contributed by atoms with van der Waals surface area (Å²) in [5, 5.41) is 7.41. The first-order valence-corrected chi connectivity index (χ1v) is 20.0. The van der Waals surface area contributed by atoms with Gasteiger partial charge in [0.1, 0.15) is 0 Å². The van der Waals surface area contributed by atoms with Gasteiger partial charge < -0.3 is 4.57 Å². The summed E-state index contributed by atoms with van der Waals surface area (Å²) in [6, 6.07) is 57.1. The molecule has 0 unspecified atom stereocenters. The summed E-state index contributed by atoms with van der Waals surface area (Å²) in [5.41, 5.74) is 12.2. The van der Waals surface area contributed by atoms with Crippen LogP contribution in [0.5, 0.6) is 0 Å². The number of fused-ring (bicyclic) bond motifs is 10. The number of para-hydroxylation sites is 3. The van der Waals surface area contributed by atoms with E-state index in [-0.39, 0.29) is 5.41 Å². The van der Waals surface area contributed by atoms with Crippen LogP contribution in [0.2, 0.25) is 0 Å². The van der Waals surface area contributed by atoms with Gasteiger partial charge in [-0.05, 0) is 65.7 Å². The quantitative estimate of drug-likeness (QED) is 0.180. The first kappa shape index (κ1) is 31.5. The van der Waals surface area contributed by atoms with E-state index in [4.69, 9.17) is 9.97 Å². The third-order valence-electron chi connectivity index (χ3n) is 11.8. The van der Waals surface area contributed by atoms with E-state index < -0.39 is 0 Å². The molecule has 4 heterocycles. The molecule has 0 spiro atoms. The number of rotatable bonds is 4. The SMILES string of the molecule is CC1(C)C=Cc2c(-c3cccc4c3sc3ccccc34)nc(-n3c4ccccc4c4cc(-c5ccc6c(c5)c5ccccc5n6-c5ccccc5)ccc43)nc21. The predicted molar refractivity (Wildman–Crippen MR) is 237 cm³/mol. The number of thiophene rings is 1. The van der Waals surface area contributed by atoms with Crippen molar-refractivity contribution in [1.29, 1.82) is 0 Å². The lowest BCUT2D eigenvalue weighted by Crippen LogP contribution is -2.16. The number of aromatic nitrogens is 4. The Bertz CT molecular complexity index is 3450. The van der Waals surface area contributed by atoms with Crippen LogP contribution in [0.15, 0.2) is 164 Å². The van der Waals surface area contributed by atoms with Gasteiger partial charge in [-0.2, -0.15) is 0 Å². The smallest absolute Gasteiger partial charge is 0.235 e. The molecule has 0 radical (unpaired) electrons. The zero-order valence-electron chi connectivity index (χ0n) is 30.9. The fourth-order valence-corrected chi connectivity index (χ4v) is 10.3. The Hall–Kier alpha value is -6.82. The molecule has 0 saturated carbocycles. The average molecular weight is 735 g/mol. The lowest BCUT2D eigenvalue weighted by Gasteiger charge is -2.20. The second-order valence-corrected chi connectivity index (χ2v) is 16.5. The van der Waals surface area contributed by atoms with Gasteiger partial charge in [0, 0.05) is 63.9 Å². The highest BCUT2D eigenvalue weighted by molar-refractivity contribution is 7.26. The molecule has 264 valence electrons. The summed E-state index contributed by atoms with van der Waals surface area (Å²) >= 11 is 1.84. The lowest BCUT2D eigenvalue weighted by molar-refractivity contribution is 0.651. The number of hydrogen-bond acceptors (Lipinski definition) is 3. The third kappa shape index (κ3) is 4.46. The van der Waals surface area contributed by atoms with Crippen LogP contribution in [0.1, 0.15) is 25.1 Å². The molecule has 7 aromatic carbocycles. The average Bonchev–Trinajstić information content (AvgIpc) is 3.98. The van der Waals surface area contributed by atoms with Gasteiger partial charge in [0.25, 0.3) is 0 Å². The van der Waals surface area contributed by atoms with Crippen molar-refractivity contribution in [2.75, 3.05) is 0 Å². The van der Waals surface area contributed by atoms with Crippen molar-refractivity contribution in [3.05, 3.63) is 175 Å². The van der Waals surface area contributed by atoms with Crippen LogP contribution in [0, 0.1) is 0 Å². The maximum atomic E-state index is 5.52. The largest absolute Gasteiger partial charge is 0.309 e. The van der Waals surface area contributed by atoms with Crippen LogP contribution in [0.25, 0.3) is 104 Å². The highest BCUT2D eigenvalue weighted by Gasteiger charge is 2.32. The Morgan fingerprint density at radius 3 is 1.82 bits per heavy atom. The Morgan fingerprint density at radius 1 is 0.500 bits per heavy atom. The lowest BCUT2D eigenvalue weighted by atomic mass is 9.91. The van der Waals surface area contributed by atoms with Crippen molar-refractivity contribution in [2.45, 2.75) is 19.3 Å². The molecule has 0 N–H and O–H groups in total. The van der Waals surface area contributed by atoms with E-state index in [9.17, 15) is 0 Å². The molecule has 0 bridgehead atoms. The molecule has 1 aliphatic carbocycles. The minimum absolute atomic E-state index is 0.232. The highest BCUT2D eigenvalue weighted by Crippen LogP contribution is 2.45. The van der Waals surface area contributed by atoms with E-state index in [0.29, 0.717) is 5.95 Å². The van der Waals surface area contributed by atoms with Gasteiger partial charge in [-0.15, -0.1) is 11.3 Å². The Balaban J connectivity index is 1.07. The molecule has 12 rings (SSSR count). The first-order chi connectivity index (χ1) is 27.5. The van der Waals surface area contributed by atoms with Crippen LogP contribution in [-0.2, 0) is 5.41 Å². The molecule has 5 heteroatoms. The second-order valence-electron chi connectivity index (χ2n) is 15.5. The molecule has 0 saturated heterocycles. The molecule has 56 heavy (non-hydrogen) atoms. The van der Waals surface area contributed by atoms with E-state index in [1.807, 2.05) is 11.3 Å². The highest BCUT2D eigenvalue weighted by atomic mass is 32.1. The number of benzene rings is 7. The summed E-state index contributed by atoms with van der Waals surface area (Å²) in [4.78, 5) is 10.9. The molecule has 11 aromatic rings. The number of allylic oxidation sites excluding steroid dienone is 1. The summed E-state index contributed by atoms with van der Waals surface area (Å²) < 4.78 is 7.19.